The highest BCUT2D eigenvalue weighted by Gasteiger charge is 2.33. The van der Waals surface area contributed by atoms with Crippen molar-refractivity contribution in [2.75, 3.05) is 61.1 Å². The number of methoxy groups -OCH3 is 1. The first kappa shape index (κ1) is 20.7. The van der Waals surface area contributed by atoms with Crippen molar-refractivity contribution in [3.63, 3.8) is 0 Å². The Bertz CT molecular complexity index is 1110. The molecular weight excluding hydrogens is 436 g/mol. The number of pyridine rings is 1. The highest BCUT2D eigenvalue weighted by Crippen LogP contribution is 2.34. The number of hydrogen-bond donors (Lipinski definition) is 0. The maximum absolute atomic E-state index is 5.76. The van der Waals surface area contributed by atoms with Crippen LogP contribution in [0.15, 0.2) is 35.8 Å². The molecule has 0 aromatic carbocycles. The van der Waals surface area contributed by atoms with E-state index in [1.807, 2.05) is 29.7 Å². The fraction of sp³-hybridized carbons (Fsp3) is 0.458. The minimum atomic E-state index is 0.579. The zero-order valence-corrected chi connectivity index (χ0v) is 19.6. The van der Waals surface area contributed by atoms with Crippen LogP contribution in [0.25, 0.3) is 0 Å². The number of aromatic nitrogens is 3. The topological polar surface area (TPSA) is 66.9 Å². The Morgan fingerprint density at radius 2 is 1.82 bits per heavy atom. The van der Waals surface area contributed by atoms with Crippen molar-refractivity contribution >= 4 is 28.9 Å². The SMILES string of the molecule is COc1cccnc1N1CCN(c2nc(N3CC(Cc4cccs4)C3)nc3c2COC3)CC1. The van der Waals surface area contributed by atoms with Gasteiger partial charge in [0.25, 0.3) is 0 Å². The highest BCUT2D eigenvalue weighted by atomic mass is 32.1. The summed E-state index contributed by atoms with van der Waals surface area (Å²) in [6, 6.07) is 8.24. The van der Waals surface area contributed by atoms with Gasteiger partial charge < -0.3 is 24.2 Å². The van der Waals surface area contributed by atoms with E-state index in [9.17, 15) is 0 Å². The number of piperazine rings is 1. The summed E-state index contributed by atoms with van der Waals surface area (Å²) in [6.45, 7) is 6.71. The molecule has 2 saturated heterocycles. The number of rotatable bonds is 6. The van der Waals surface area contributed by atoms with Crippen molar-refractivity contribution in [1.82, 2.24) is 15.0 Å². The largest absolute Gasteiger partial charge is 0.493 e. The Hall–Kier alpha value is -2.91. The van der Waals surface area contributed by atoms with Crippen LogP contribution in [0.2, 0.25) is 0 Å². The van der Waals surface area contributed by atoms with Gasteiger partial charge in [0.05, 0.1) is 26.0 Å². The van der Waals surface area contributed by atoms with Crippen molar-refractivity contribution in [3.05, 3.63) is 52.0 Å². The van der Waals surface area contributed by atoms with E-state index in [1.165, 1.54) is 4.88 Å². The Balaban J connectivity index is 1.16. The van der Waals surface area contributed by atoms with Crippen LogP contribution in [0.3, 0.4) is 0 Å². The quantitative estimate of drug-likeness (QED) is 0.552. The number of thiophene rings is 1. The Morgan fingerprint density at radius 3 is 2.58 bits per heavy atom. The van der Waals surface area contributed by atoms with Gasteiger partial charge >= 0.3 is 0 Å². The third kappa shape index (κ3) is 4.00. The molecule has 0 bridgehead atoms. The molecule has 3 aliphatic heterocycles. The van der Waals surface area contributed by atoms with Gasteiger partial charge in [0.15, 0.2) is 11.6 Å². The molecule has 0 spiro atoms. The van der Waals surface area contributed by atoms with Crippen LogP contribution in [-0.4, -0.2) is 61.3 Å². The van der Waals surface area contributed by atoms with Crippen LogP contribution in [-0.2, 0) is 24.4 Å². The maximum Gasteiger partial charge on any atom is 0.227 e. The minimum Gasteiger partial charge on any atom is -0.493 e. The van der Waals surface area contributed by atoms with Gasteiger partial charge in [0.2, 0.25) is 5.95 Å². The maximum atomic E-state index is 5.76. The van der Waals surface area contributed by atoms with E-state index < -0.39 is 0 Å². The molecule has 6 rings (SSSR count). The van der Waals surface area contributed by atoms with Crippen molar-refractivity contribution in [2.45, 2.75) is 19.6 Å². The molecule has 0 aliphatic carbocycles. The molecule has 8 nitrogen and oxygen atoms in total. The first-order chi connectivity index (χ1) is 16.3. The van der Waals surface area contributed by atoms with Gasteiger partial charge in [-0.2, -0.15) is 4.98 Å². The predicted molar refractivity (Wildman–Crippen MR) is 129 cm³/mol. The van der Waals surface area contributed by atoms with Crippen LogP contribution in [0.5, 0.6) is 5.75 Å². The second-order valence-electron chi connectivity index (χ2n) is 8.82. The molecule has 33 heavy (non-hydrogen) atoms. The highest BCUT2D eigenvalue weighted by molar-refractivity contribution is 7.09. The van der Waals surface area contributed by atoms with E-state index in [4.69, 9.17) is 19.4 Å². The first-order valence-electron chi connectivity index (χ1n) is 11.5. The summed E-state index contributed by atoms with van der Waals surface area (Å²) in [5.74, 6) is 4.30. The summed E-state index contributed by atoms with van der Waals surface area (Å²) in [5.41, 5.74) is 2.20. The summed E-state index contributed by atoms with van der Waals surface area (Å²) in [5, 5.41) is 2.16. The van der Waals surface area contributed by atoms with E-state index in [2.05, 4.69) is 37.2 Å². The lowest BCUT2D eigenvalue weighted by Crippen LogP contribution is -2.49. The number of ether oxygens (including phenoxy) is 2. The van der Waals surface area contributed by atoms with Gasteiger partial charge in [-0.3, -0.25) is 0 Å². The summed E-state index contributed by atoms with van der Waals surface area (Å²) in [7, 11) is 1.70. The second kappa shape index (κ2) is 8.79. The van der Waals surface area contributed by atoms with Crippen molar-refractivity contribution in [3.8, 4) is 5.75 Å². The number of hydrogen-bond acceptors (Lipinski definition) is 9. The summed E-state index contributed by atoms with van der Waals surface area (Å²) in [6.07, 6.45) is 2.97. The van der Waals surface area contributed by atoms with Crippen molar-refractivity contribution in [1.29, 1.82) is 0 Å². The predicted octanol–water partition coefficient (Wildman–Crippen LogP) is 2.98. The second-order valence-corrected chi connectivity index (χ2v) is 9.86. The molecule has 0 amide bonds. The zero-order valence-electron chi connectivity index (χ0n) is 18.8. The Labute approximate surface area is 197 Å². The van der Waals surface area contributed by atoms with Gasteiger partial charge in [-0.25, -0.2) is 9.97 Å². The van der Waals surface area contributed by atoms with Gasteiger partial charge in [0.1, 0.15) is 5.82 Å². The van der Waals surface area contributed by atoms with Gasteiger partial charge in [-0.05, 0) is 35.9 Å². The van der Waals surface area contributed by atoms with Crippen LogP contribution in [0.1, 0.15) is 16.1 Å². The lowest BCUT2D eigenvalue weighted by Gasteiger charge is -2.40. The third-order valence-electron chi connectivity index (χ3n) is 6.70. The minimum absolute atomic E-state index is 0.579. The number of nitrogens with zero attached hydrogens (tertiary/aromatic N) is 6. The molecule has 0 saturated carbocycles. The lowest BCUT2D eigenvalue weighted by molar-refractivity contribution is 0.133. The van der Waals surface area contributed by atoms with Gasteiger partial charge in [-0.1, -0.05) is 6.07 Å². The molecule has 0 atom stereocenters. The van der Waals surface area contributed by atoms with E-state index in [-0.39, 0.29) is 0 Å². The smallest absolute Gasteiger partial charge is 0.227 e. The summed E-state index contributed by atoms with van der Waals surface area (Å²) >= 11 is 1.85. The van der Waals surface area contributed by atoms with E-state index >= 15 is 0 Å². The zero-order chi connectivity index (χ0) is 22.2. The van der Waals surface area contributed by atoms with E-state index in [0.717, 1.165) is 80.3 Å². The normalized spacial score (nSPS) is 18.4. The monoisotopic (exact) mass is 464 g/mol. The molecule has 6 heterocycles. The van der Waals surface area contributed by atoms with E-state index in [1.54, 1.807) is 7.11 Å². The standard InChI is InChI=1S/C24H28N6O2S/c1-31-21-5-2-6-25-23(21)29-9-7-28(8-10-29)22-19-15-32-16-20(19)26-24(27-22)30-13-17(14-30)12-18-4-3-11-33-18/h2-6,11,17H,7-10,12-16H2,1H3. The summed E-state index contributed by atoms with van der Waals surface area (Å²) in [4.78, 5) is 22.9. The Morgan fingerprint density at radius 1 is 1.00 bits per heavy atom. The van der Waals surface area contributed by atoms with E-state index in [0.29, 0.717) is 19.1 Å². The molecule has 3 aromatic rings. The Kier molecular flexibility index (Phi) is 5.51. The van der Waals surface area contributed by atoms with Crippen molar-refractivity contribution < 1.29 is 9.47 Å². The number of anilines is 3. The lowest BCUT2D eigenvalue weighted by atomic mass is 9.96. The molecule has 3 aromatic heterocycles. The molecule has 172 valence electrons. The third-order valence-corrected chi connectivity index (χ3v) is 7.60. The summed E-state index contributed by atoms with van der Waals surface area (Å²) < 4.78 is 11.3. The van der Waals surface area contributed by atoms with Crippen LogP contribution in [0, 0.1) is 5.92 Å². The van der Waals surface area contributed by atoms with Crippen molar-refractivity contribution in [2.24, 2.45) is 5.92 Å². The van der Waals surface area contributed by atoms with Gasteiger partial charge in [-0.15, -0.1) is 11.3 Å². The van der Waals surface area contributed by atoms with Crippen LogP contribution in [0.4, 0.5) is 17.6 Å². The fourth-order valence-corrected chi connectivity index (χ4v) is 5.73. The molecule has 0 N–H and O–H groups in total. The molecule has 2 fully saturated rings. The molecular formula is C24H28N6O2S. The molecule has 0 radical (unpaired) electrons. The molecule has 9 heteroatoms. The van der Waals surface area contributed by atoms with Crippen LogP contribution < -0.4 is 19.4 Å². The van der Waals surface area contributed by atoms with Crippen LogP contribution >= 0.6 is 11.3 Å². The first-order valence-corrected chi connectivity index (χ1v) is 12.4. The fourth-order valence-electron chi connectivity index (χ4n) is 4.91. The number of fused-ring (bicyclic) bond motifs is 1. The molecule has 0 unspecified atom stereocenters. The molecule has 3 aliphatic rings. The van der Waals surface area contributed by atoms with Gasteiger partial charge in [0, 0.05) is 55.9 Å². The average Bonchev–Trinajstić information content (AvgIpc) is 3.52. The average molecular weight is 465 g/mol.